The average Bonchev–Trinajstić information content (AvgIpc) is 3.29. The van der Waals surface area contributed by atoms with E-state index in [0.29, 0.717) is 34.5 Å². The van der Waals surface area contributed by atoms with Crippen molar-refractivity contribution < 1.29 is 9.53 Å². The summed E-state index contributed by atoms with van der Waals surface area (Å²) >= 11 is 5.54. The predicted molar refractivity (Wildman–Crippen MR) is 142 cm³/mol. The van der Waals surface area contributed by atoms with Crippen molar-refractivity contribution in [2.75, 3.05) is 32.1 Å². The SMILES string of the molecule is COC(=O)c1cccc(NC(=S)NCC2CC3CCN2CC3c2cc(C3CCCCC3)nn2C)c1. The smallest absolute Gasteiger partial charge is 0.337 e. The molecule has 1 aliphatic carbocycles. The van der Waals surface area contributed by atoms with Gasteiger partial charge in [-0.3, -0.25) is 9.58 Å². The third kappa shape index (κ3) is 5.38. The van der Waals surface area contributed by atoms with Gasteiger partial charge in [-0.05, 0) is 74.6 Å². The van der Waals surface area contributed by atoms with Crippen molar-refractivity contribution in [1.82, 2.24) is 20.0 Å². The zero-order valence-corrected chi connectivity index (χ0v) is 21.7. The molecule has 2 bridgehead atoms. The molecule has 2 aromatic rings. The van der Waals surface area contributed by atoms with Crippen LogP contribution in [0.3, 0.4) is 0 Å². The van der Waals surface area contributed by atoms with Crippen molar-refractivity contribution in [3.63, 3.8) is 0 Å². The zero-order chi connectivity index (χ0) is 24.4. The van der Waals surface area contributed by atoms with Crippen molar-refractivity contribution in [2.24, 2.45) is 13.0 Å². The Balaban J connectivity index is 1.16. The number of nitrogens with zero attached hydrogens (tertiary/aromatic N) is 3. The minimum absolute atomic E-state index is 0.354. The van der Waals surface area contributed by atoms with E-state index < -0.39 is 0 Å². The maximum absolute atomic E-state index is 11.8. The number of anilines is 1. The first-order valence-corrected chi connectivity index (χ1v) is 13.4. The fraction of sp³-hybridized carbons (Fsp3) is 0.593. The fourth-order valence-corrected chi connectivity index (χ4v) is 6.56. The molecule has 4 atom stereocenters. The van der Waals surface area contributed by atoms with Gasteiger partial charge in [0.2, 0.25) is 0 Å². The number of aryl methyl sites for hydroxylation is 1. The molecule has 188 valence electrons. The number of nitrogens with one attached hydrogen (secondary N) is 2. The third-order valence-electron chi connectivity index (χ3n) is 8.26. The number of aromatic nitrogens is 2. The Morgan fingerprint density at radius 1 is 1.20 bits per heavy atom. The Morgan fingerprint density at radius 2 is 2.03 bits per heavy atom. The summed E-state index contributed by atoms with van der Waals surface area (Å²) in [6.07, 6.45) is 9.11. The highest BCUT2D eigenvalue weighted by atomic mass is 32.1. The molecule has 0 radical (unpaired) electrons. The van der Waals surface area contributed by atoms with Gasteiger partial charge in [-0.25, -0.2) is 4.79 Å². The van der Waals surface area contributed by atoms with Crippen molar-refractivity contribution in [3.05, 3.63) is 47.3 Å². The van der Waals surface area contributed by atoms with E-state index in [0.717, 1.165) is 25.3 Å². The number of hydrogen-bond acceptors (Lipinski definition) is 5. The van der Waals surface area contributed by atoms with Crippen molar-refractivity contribution in [2.45, 2.75) is 62.8 Å². The second-order valence-corrected chi connectivity index (χ2v) is 10.8. The number of piperidine rings is 3. The molecule has 4 fully saturated rings. The predicted octanol–water partition coefficient (Wildman–Crippen LogP) is 4.42. The molecule has 3 saturated heterocycles. The number of thiocarbonyl (C=S) groups is 1. The van der Waals surface area contributed by atoms with Gasteiger partial charge in [0.05, 0.1) is 18.4 Å². The molecule has 4 unspecified atom stereocenters. The summed E-state index contributed by atoms with van der Waals surface area (Å²) in [5.41, 5.74) is 4.03. The Hall–Kier alpha value is -2.45. The van der Waals surface area contributed by atoms with Crippen LogP contribution in [0.2, 0.25) is 0 Å². The van der Waals surface area contributed by atoms with Gasteiger partial charge in [-0.1, -0.05) is 25.3 Å². The molecule has 1 aromatic carbocycles. The molecule has 3 aliphatic heterocycles. The van der Waals surface area contributed by atoms with Gasteiger partial charge in [0.15, 0.2) is 5.11 Å². The van der Waals surface area contributed by atoms with E-state index in [9.17, 15) is 4.79 Å². The minimum Gasteiger partial charge on any atom is -0.465 e. The summed E-state index contributed by atoms with van der Waals surface area (Å²) in [6.45, 7) is 3.08. The molecule has 4 aliphatic rings. The topological polar surface area (TPSA) is 71.4 Å². The van der Waals surface area contributed by atoms with E-state index in [1.807, 2.05) is 12.1 Å². The molecule has 6 rings (SSSR count). The van der Waals surface area contributed by atoms with Crippen LogP contribution in [-0.2, 0) is 11.8 Å². The summed E-state index contributed by atoms with van der Waals surface area (Å²) in [5.74, 6) is 1.57. The number of rotatable bonds is 6. The number of carbonyl (C=O) groups is 1. The van der Waals surface area contributed by atoms with Gasteiger partial charge in [-0.15, -0.1) is 0 Å². The summed E-state index contributed by atoms with van der Waals surface area (Å²) in [7, 11) is 3.52. The zero-order valence-electron chi connectivity index (χ0n) is 20.8. The van der Waals surface area contributed by atoms with Crippen LogP contribution in [-0.4, -0.2) is 58.5 Å². The number of esters is 1. The number of fused-ring (bicyclic) bond motifs is 3. The van der Waals surface area contributed by atoms with Crippen LogP contribution in [0.25, 0.3) is 0 Å². The number of hydrogen-bond donors (Lipinski definition) is 2. The van der Waals surface area contributed by atoms with Crippen LogP contribution in [0.4, 0.5) is 5.69 Å². The molecule has 1 saturated carbocycles. The maximum Gasteiger partial charge on any atom is 0.337 e. The largest absolute Gasteiger partial charge is 0.465 e. The summed E-state index contributed by atoms with van der Waals surface area (Å²) in [6, 6.07) is 10.1. The van der Waals surface area contributed by atoms with Crippen LogP contribution in [0.5, 0.6) is 0 Å². The second-order valence-electron chi connectivity index (χ2n) is 10.4. The standard InChI is InChI=1S/C27H37N5O2S/c1-31-25(15-24(30-31)18-7-4-3-5-8-18)23-17-32-12-11-19(23)14-22(32)16-28-27(35)29-21-10-6-9-20(13-21)26(33)34-2/h6,9-10,13,15,18-19,22-23H,3-5,7-8,11-12,14,16-17H2,1-2H3,(H2,28,29,35). The van der Waals surface area contributed by atoms with E-state index >= 15 is 0 Å². The first kappa shape index (κ1) is 24.3. The van der Waals surface area contributed by atoms with Crippen LogP contribution < -0.4 is 10.6 Å². The fourth-order valence-electron chi connectivity index (χ4n) is 6.36. The van der Waals surface area contributed by atoms with Gasteiger partial charge >= 0.3 is 5.97 Å². The molecule has 1 aromatic heterocycles. The molecule has 0 spiro atoms. The number of carbonyl (C=O) groups excluding carboxylic acids is 1. The normalized spacial score (nSPS) is 26.3. The maximum atomic E-state index is 11.8. The molecule has 0 amide bonds. The molecule has 4 heterocycles. The van der Waals surface area contributed by atoms with E-state index in [2.05, 4.69) is 33.3 Å². The van der Waals surface area contributed by atoms with Crippen molar-refractivity contribution >= 4 is 29.0 Å². The first-order chi connectivity index (χ1) is 17.0. The van der Waals surface area contributed by atoms with Gasteiger partial charge in [0.1, 0.15) is 0 Å². The van der Waals surface area contributed by atoms with Crippen LogP contribution >= 0.6 is 12.2 Å². The Labute approximate surface area is 213 Å². The second kappa shape index (κ2) is 10.7. The van der Waals surface area contributed by atoms with E-state index in [1.165, 1.54) is 63.4 Å². The first-order valence-electron chi connectivity index (χ1n) is 13.0. The number of benzene rings is 1. The lowest BCUT2D eigenvalue weighted by atomic mass is 9.74. The quantitative estimate of drug-likeness (QED) is 0.454. The lowest BCUT2D eigenvalue weighted by Crippen LogP contribution is -2.56. The summed E-state index contributed by atoms with van der Waals surface area (Å²) in [4.78, 5) is 14.4. The summed E-state index contributed by atoms with van der Waals surface area (Å²) in [5, 5.41) is 12.2. The van der Waals surface area contributed by atoms with E-state index in [-0.39, 0.29) is 5.97 Å². The Morgan fingerprint density at radius 3 is 2.77 bits per heavy atom. The van der Waals surface area contributed by atoms with Crippen LogP contribution in [0.15, 0.2) is 30.3 Å². The number of methoxy groups -OCH3 is 1. The van der Waals surface area contributed by atoms with Crippen LogP contribution in [0, 0.1) is 5.92 Å². The van der Waals surface area contributed by atoms with Gasteiger partial charge in [0, 0.05) is 49.4 Å². The average molecular weight is 496 g/mol. The molecule has 2 N–H and O–H groups in total. The minimum atomic E-state index is -0.354. The van der Waals surface area contributed by atoms with Gasteiger partial charge in [0.25, 0.3) is 0 Å². The number of ether oxygens (including phenoxy) is 1. The lowest BCUT2D eigenvalue weighted by molar-refractivity contribution is 0.0303. The molecule has 7 nitrogen and oxygen atoms in total. The van der Waals surface area contributed by atoms with Crippen LogP contribution in [0.1, 0.15) is 78.5 Å². The van der Waals surface area contributed by atoms with Crippen molar-refractivity contribution in [3.8, 4) is 0 Å². The van der Waals surface area contributed by atoms with Gasteiger partial charge < -0.3 is 15.4 Å². The highest BCUT2D eigenvalue weighted by Gasteiger charge is 2.42. The molecular weight excluding hydrogens is 458 g/mol. The summed E-state index contributed by atoms with van der Waals surface area (Å²) < 4.78 is 6.98. The van der Waals surface area contributed by atoms with Crippen molar-refractivity contribution in [1.29, 1.82) is 0 Å². The Kier molecular flexibility index (Phi) is 7.39. The third-order valence-corrected chi connectivity index (χ3v) is 8.50. The monoisotopic (exact) mass is 495 g/mol. The lowest BCUT2D eigenvalue weighted by Gasteiger charge is -2.50. The van der Waals surface area contributed by atoms with E-state index in [1.54, 1.807) is 12.1 Å². The highest BCUT2D eigenvalue weighted by molar-refractivity contribution is 7.80. The molecular formula is C27H37N5O2S. The highest BCUT2D eigenvalue weighted by Crippen LogP contribution is 2.42. The molecule has 8 heteroatoms. The van der Waals surface area contributed by atoms with Gasteiger partial charge in [-0.2, -0.15) is 5.10 Å². The van der Waals surface area contributed by atoms with E-state index in [4.69, 9.17) is 22.1 Å². The Bertz CT molecular complexity index is 1060. The molecule has 35 heavy (non-hydrogen) atoms.